The Kier molecular flexibility index (Phi) is 14.7. The van der Waals surface area contributed by atoms with Crippen LogP contribution in [0.15, 0.2) is 17.1 Å². The van der Waals surface area contributed by atoms with E-state index in [-0.39, 0.29) is 65.4 Å². The van der Waals surface area contributed by atoms with Crippen LogP contribution in [-0.4, -0.2) is 83.9 Å². The fraction of sp³-hybridized carbons (Fsp3) is 0.789. The van der Waals surface area contributed by atoms with Gasteiger partial charge in [-0.3, -0.25) is 9.28 Å². The minimum atomic E-state index is -4.58. The molecule has 0 aliphatic carbocycles. The Hall–Kier alpha value is -0.130. The summed E-state index contributed by atoms with van der Waals surface area (Å²) in [6.45, 7) is 2.73. The van der Waals surface area contributed by atoms with E-state index in [0.29, 0.717) is 25.9 Å². The molecular weight excluding hydrogens is 407 g/mol. The van der Waals surface area contributed by atoms with Crippen molar-refractivity contribution < 1.29 is 62.0 Å². The van der Waals surface area contributed by atoms with Crippen molar-refractivity contribution in [2.75, 3.05) is 38.5 Å². The number of aliphatic hydroxyl groups excluding tert-OH is 2. The molecular formula is C19H34N2NaO6S+. The number of amidine groups is 1. The van der Waals surface area contributed by atoms with Gasteiger partial charge in [-0.25, -0.2) is 13.4 Å². The first-order valence-electron chi connectivity index (χ1n) is 10.1. The smallest absolute Gasteiger partial charge is 0.748 e. The number of hydrogen-bond acceptors (Lipinski definition) is 7. The average molecular weight is 442 g/mol. The molecule has 0 amide bonds. The summed E-state index contributed by atoms with van der Waals surface area (Å²) in [5.74, 6) is -0.797. The van der Waals surface area contributed by atoms with E-state index in [0.717, 1.165) is 12.8 Å². The van der Waals surface area contributed by atoms with E-state index in [2.05, 4.69) is 24.1 Å². The fourth-order valence-corrected chi connectivity index (χ4v) is 4.14. The van der Waals surface area contributed by atoms with Crippen LogP contribution in [0.1, 0.15) is 51.9 Å². The van der Waals surface area contributed by atoms with Crippen molar-refractivity contribution in [3.8, 4) is 0 Å². The second-order valence-corrected chi connectivity index (χ2v) is 8.81. The molecule has 29 heavy (non-hydrogen) atoms. The van der Waals surface area contributed by atoms with Crippen LogP contribution in [-0.2, 0) is 14.9 Å². The number of carbonyl (C=O) groups is 1. The number of quaternary nitrogens is 1. The maximum atomic E-state index is 12.7. The maximum absolute atomic E-state index is 12.7. The molecule has 1 heterocycles. The van der Waals surface area contributed by atoms with Crippen molar-refractivity contribution in [1.82, 2.24) is 0 Å². The Bertz CT molecular complexity index is 653. The Morgan fingerprint density at radius 3 is 2.52 bits per heavy atom. The van der Waals surface area contributed by atoms with Gasteiger partial charge >= 0.3 is 29.6 Å². The summed E-state index contributed by atoms with van der Waals surface area (Å²) in [6, 6.07) is 0. The molecule has 1 aliphatic rings. The van der Waals surface area contributed by atoms with Crippen LogP contribution in [0.2, 0.25) is 0 Å². The number of nitrogens with zero attached hydrogens (tertiary/aromatic N) is 2. The number of rotatable bonds is 15. The van der Waals surface area contributed by atoms with Crippen LogP contribution < -0.4 is 29.6 Å². The summed E-state index contributed by atoms with van der Waals surface area (Å²) in [7, 11) is -4.58. The predicted molar refractivity (Wildman–Crippen MR) is 107 cm³/mol. The van der Waals surface area contributed by atoms with E-state index in [1.807, 2.05) is 0 Å². The molecule has 8 nitrogen and oxygen atoms in total. The molecule has 10 heteroatoms. The first-order chi connectivity index (χ1) is 13.2. The Morgan fingerprint density at radius 1 is 1.28 bits per heavy atom. The molecule has 0 fully saturated rings. The van der Waals surface area contributed by atoms with Gasteiger partial charge in [0, 0.05) is 6.42 Å². The van der Waals surface area contributed by atoms with E-state index >= 15 is 0 Å². The molecule has 0 aromatic rings. The van der Waals surface area contributed by atoms with Gasteiger partial charge in [0.25, 0.3) is 5.84 Å². The van der Waals surface area contributed by atoms with Crippen molar-refractivity contribution in [1.29, 1.82) is 0 Å². The van der Waals surface area contributed by atoms with E-state index < -0.39 is 22.0 Å². The van der Waals surface area contributed by atoms with Gasteiger partial charge in [-0.1, -0.05) is 31.9 Å². The van der Waals surface area contributed by atoms with Gasteiger partial charge in [0.15, 0.2) is 0 Å². The number of Topliss-reactive ketones (excluding diaryl/α,β-unsaturated/α-hetero) is 1. The normalized spacial score (nSPS) is 20.5. The molecule has 2 unspecified atom stereocenters. The third-order valence-corrected chi connectivity index (χ3v) is 5.68. The molecule has 162 valence electrons. The number of ketones is 1. The topological polar surface area (TPSA) is 127 Å². The molecule has 0 saturated carbocycles. The molecule has 2 N–H and O–H groups in total. The van der Waals surface area contributed by atoms with Crippen molar-refractivity contribution >= 4 is 21.7 Å². The van der Waals surface area contributed by atoms with Crippen LogP contribution in [0, 0.1) is 0 Å². The minimum Gasteiger partial charge on any atom is -0.748 e. The SMILES string of the molecule is CCCCC/C=C/CCCC(=O)C1=NCC[N+]1(CCO)CC(O)CS(=O)(=O)[O-].[Na+]. The van der Waals surface area contributed by atoms with Gasteiger partial charge in [-0.05, 0) is 25.7 Å². The summed E-state index contributed by atoms with van der Waals surface area (Å²) < 4.78 is 32.6. The van der Waals surface area contributed by atoms with Gasteiger partial charge in [-0.2, -0.15) is 0 Å². The number of aliphatic imine (C=N–C) groups is 1. The summed E-state index contributed by atoms with van der Waals surface area (Å²) in [5.41, 5.74) is 0. The minimum absolute atomic E-state index is 0. The van der Waals surface area contributed by atoms with Crippen LogP contribution >= 0.6 is 0 Å². The van der Waals surface area contributed by atoms with Crippen molar-refractivity contribution in [3.05, 3.63) is 12.2 Å². The van der Waals surface area contributed by atoms with Gasteiger partial charge in [-0.15, -0.1) is 0 Å². The van der Waals surface area contributed by atoms with E-state index in [4.69, 9.17) is 0 Å². The summed E-state index contributed by atoms with van der Waals surface area (Å²) in [6.07, 6.45) is 9.21. The molecule has 0 saturated heterocycles. The van der Waals surface area contributed by atoms with E-state index in [1.54, 1.807) is 0 Å². The molecule has 0 aromatic heterocycles. The summed E-state index contributed by atoms with van der Waals surface area (Å²) in [4.78, 5) is 16.9. The second kappa shape index (κ2) is 14.8. The zero-order valence-corrected chi connectivity index (χ0v) is 20.6. The molecule has 0 aromatic carbocycles. The molecule has 0 bridgehead atoms. The number of aliphatic hydroxyl groups is 2. The van der Waals surface area contributed by atoms with Crippen molar-refractivity contribution in [2.45, 2.75) is 58.0 Å². The van der Waals surface area contributed by atoms with Crippen molar-refractivity contribution in [3.63, 3.8) is 0 Å². The standard InChI is InChI=1S/C19H34N2O6S.Na/c1-2-3-4-5-6-7-8-9-10-18(24)19-20-11-12-21(19,13-14-22)15-17(23)16-28(25,26)27;/h6-7,17,22-23H,2-5,8-16H2,1H3;/q;+1/b7-6+;. The molecule has 1 aliphatic heterocycles. The second-order valence-electron chi connectivity index (χ2n) is 7.36. The van der Waals surface area contributed by atoms with Crippen LogP contribution in [0.25, 0.3) is 0 Å². The number of unbranched alkanes of at least 4 members (excludes halogenated alkanes) is 4. The molecule has 0 spiro atoms. The summed E-state index contributed by atoms with van der Waals surface area (Å²) >= 11 is 0. The van der Waals surface area contributed by atoms with E-state index in [9.17, 15) is 28.0 Å². The van der Waals surface area contributed by atoms with Gasteiger partial charge in [0.05, 0.1) is 29.0 Å². The van der Waals surface area contributed by atoms with Gasteiger partial charge < -0.3 is 14.8 Å². The van der Waals surface area contributed by atoms with Crippen molar-refractivity contribution in [2.24, 2.45) is 4.99 Å². The number of carbonyl (C=O) groups excluding carboxylic acids is 1. The third-order valence-electron chi connectivity index (χ3n) is 4.89. The average Bonchev–Trinajstić information content (AvgIpc) is 2.98. The van der Waals surface area contributed by atoms with E-state index in [1.165, 1.54) is 19.3 Å². The quantitative estimate of drug-likeness (QED) is 0.0994. The molecule has 0 radical (unpaired) electrons. The Balaban J connectivity index is 0.00000784. The fourth-order valence-electron chi connectivity index (χ4n) is 3.57. The zero-order valence-electron chi connectivity index (χ0n) is 17.8. The monoisotopic (exact) mass is 441 g/mol. The van der Waals surface area contributed by atoms with Crippen LogP contribution in [0.4, 0.5) is 0 Å². The maximum Gasteiger partial charge on any atom is 1.00 e. The zero-order chi connectivity index (χ0) is 21.0. The third kappa shape index (κ3) is 11.2. The number of allylic oxidation sites excluding steroid dienone is 2. The molecule has 1 rings (SSSR count). The van der Waals surface area contributed by atoms with Crippen LogP contribution in [0.5, 0.6) is 0 Å². The number of hydrogen-bond donors (Lipinski definition) is 2. The summed E-state index contributed by atoms with van der Waals surface area (Å²) in [5, 5.41) is 19.4. The predicted octanol–water partition coefficient (Wildman–Crippen LogP) is -2.01. The van der Waals surface area contributed by atoms with Gasteiger partial charge in [0.1, 0.15) is 25.7 Å². The first kappa shape index (κ1) is 28.9. The molecule has 2 atom stereocenters. The van der Waals surface area contributed by atoms with Crippen LogP contribution in [0.3, 0.4) is 0 Å². The Morgan fingerprint density at radius 2 is 1.93 bits per heavy atom. The first-order valence-corrected chi connectivity index (χ1v) is 11.6. The Labute approximate surface area is 196 Å². The largest absolute Gasteiger partial charge is 1.00 e. The van der Waals surface area contributed by atoms with Gasteiger partial charge in [0.2, 0.25) is 5.78 Å².